The fraction of sp³-hybridized carbons (Fsp3) is 0.185. The number of nitrogens with zero attached hydrogens (tertiary/aromatic N) is 2. The summed E-state index contributed by atoms with van der Waals surface area (Å²) in [6.07, 6.45) is 3.64. The number of imidazole rings is 1. The highest BCUT2D eigenvalue weighted by molar-refractivity contribution is 7.92. The Kier molecular flexibility index (Phi) is 6.75. The molecule has 0 aliphatic carbocycles. The molecule has 0 saturated carbocycles. The highest BCUT2D eigenvalue weighted by Gasteiger charge is 2.20. The molecule has 0 saturated heterocycles. The van der Waals surface area contributed by atoms with Crippen molar-refractivity contribution in [3.05, 3.63) is 107 Å². The molecule has 180 valence electrons. The van der Waals surface area contributed by atoms with Crippen LogP contribution in [0.5, 0.6) is 0 Å². The highest BCUT2D eigenvalue weighted by atomic mass is 32.2. The third-order valence-electron chi connectivity index (χ3n) is 5.71. The minimum absolute atomic E-state index is 0.0735. The van der Waals surface area contributed by atoms with Crippen LogP contribution in [0.1, 0.15) is 38.4 Å². The molecule has 35 heavy (non-hydrogen) atoms. The number of nitrogens with one attached hydrogen (secondary N) is 2. The van der Waals surface area contributed by atoms with Crippen LogP contribution in [0.2, 0.25) is 0 Å². The molecule has 0 aliphatic heterocycles. The van der Waals surface area contributed by atoms with Gasteiger partial charge in [-0.1, -0.05) is 24.3 Å². The normalized spacial score (nSPS) is 11.3. The number of benzene rings is 3. The van der Waals surface area contributed by atoms with Gasteiger partial charge in [0.1, 0.15) is 5.82 Å². The lowest BCUT2D eigenvalue weighted by molar-refractivity contribution is 0.0950. The summed E-state index contributed by atoms with van der Waals surface area (Å²) in [5.74, 6) is 0.547. The summed E-state index contributed by atoms with van der Waals surface area (Å²) in [5.41, 5.74) is 5.16. The Morgan fingerprint density at radius 2 is 1.60 bits per heavy atom. The number of rotatable bonds is 7. The minimum atomic E-state index is -3.87. The predicted molar refractivity (Wildman–Crippen MR) is 137 cm³/mol. The third-order valence-corrected chi connectivity index (χ3v) is 7.23. The van der Waals surface area contributed by atoms with Crippen LogP contribution in [0.15, 0.2) is 78.0 Å². The van der Waals surface area contributed by atoms with E-state index in [9.17, 15) is 13.2 Å². The Morgan fingerprint density at radius 1 is 0.914 bits per heavy atom. The molecule has 0 bridgehead atoms. The molecule has 0 unspecified atom stereocenters. The fourth-order valence-corrected chi connectivity index (χ4v) is 5.30. The van der Waals surface area contributed by atoms with Crippen molar-refractivity contribution in [1.29, 1.82) is 0 Å². The third kappa shape index (κ3) is 5.60. The molecular weight excluding hydrogens is 460 g/mol. The quantitative estimate of drug-likeness (QED) is 0.389. The number of sulfonamides is 1. The smallest absolute Gasteiger partial charge is 0.262 e. The predicted octanol–water partition coefficient (Wildman–Crippen LogP) is 4.84. The second kappa shape index (κ2) is 9.76. The molecule has 3 aromatic carbocycles. The lowest BCUT2D eigenvalue weighted by Gasteiger charge is -2.13. The van der Waals surface area contributed by atoms with Crippen LogP contribution in [-0.2, 0) is 16.6 Å². The van der Waals surface area contributed by atoms with Crippen LogP contribution in [0, 0.1) is 27.7 Å². The van der Waals surface area contributed by atoms with E-state index in [0.717, 1.165) is 28.2 Å². The van der Waals surface area contributed by atoms with Gasteiger partial charge in [-0.25, -0.2) is 13.4 Å². The van der Waals surface area contributed by atoms with Crippen LogP contribution in [0.4, 0.5) is 5.69 Å². The van der Waals surface area contributed by atoms with Crippen molar-refractivity contribution in [2.75, 3.05) is 4.72 Å². The van der Waals surface area contributed by atoms with Gasteiger partial charge in [0.25, 0.3) is 15.9 Å². The molecule has 1 heterocycles. The summed E-state index contributed by atoms with van der Waals surface area (Å²) in [5, 5.41) is 2.87. The van der Waals surface area contributed by atoms with E-state index in [1.807, 2.05) is 61.9 Å². The van der Waals surface area contributed by atoms with Gasteiger partial charge in [-0.3, -0.25) is 9.52 Å². The van der Waals surface area contributed by atoms with E-state index in [4.69, 9.17) is 0 Å². The number of aromatic nitrogens is 2. The molecule has 8 heteroatoms. The topological polar surface area (TPSA) is 93.1 Å². The van der Waals surface area contributed by atoms with Crippen LogP contribution < -0.4 is 10.0 Å². The Hall–Kier alpha value is -3.91. The molecule has 2 N–H and O–H groups in total. The van der Waals surface area contributed by atoms with E-state index in [2.05, 4.69) is 15.0 Å². The monoisotopic (exact) mass is 488 g/mol. The maximum absolute atomic E-state index is 13.1. The second-order valence-electron chi connectivity index (χ2n) is 8.66. The standard InChI is InChI=1S/C27H28N4O3S/c1-18-13-19(2)15-24(14-18)30-35(33,34)26-16-23(8-5-20(26)3)27(32)29-17-22-6-9-25(10-7-22)31-12-11-28-21(31)4/h5-16,30H,17H2,1-4H3,(H,29,32). The van der Waals surface area contributed by atoms with Gasteiger partial charge in [0.2, 0.25) is 0 Å². The van der Waals surface area contributed by atoms with Gasteiger partial charge < -0.3 is 9.88 Å². The van der Waals surface area contributed by atoms with Crippen molar-refractivity contribution >= 4 is 21.6 Å². The average molecular weight is 489 g/mol. The number of carbonyl (C=O) groups is 1. The van der Waals surface area contributed by atoms with Gasteiger partial charge in [-0.15, -0.1) is 0 Å². The van der Waals surface area contributed by atoms with Gasteiger partial charge >= 0.3 is 0 Å². The highest BCUT2D eigenvalue weighted by Crippen LogP contribution is 2.22. The summed E-state index contributed by atoms with van der Waals surface area (Å²) in [7, 11) is -3.87. The first-order valence-corrected chi connectivity index (χ1v) is 12.7. The number of carbonyl (C=O) groups excluding carboxylic acids is 1. The molecule has 0 spiro atoms. The molecule has 0 aliphatic rings. The van der Waals surface area contributed by atoms with Gasteiger partial charge in [-0.05, 0) is 86.3 Å². The Balaban J connectivity index is 1.47. The van der Waals surface area contributed by atoms with Crippen LogP contribution in [0.3, 0.4) is 0 Å². The Morgan fingerprint density at radius 3 is 2.23 bits per heavy atom. The van der Waals surface area contributed by atoms with Gasteiger partial charge in [-0.2, -0.15) is 0 Å². The van der Waals surface area contributed by atoms with E-state index in [-0.39, 0.29) is 16.4 Å². The average Bonchev–Trinajstić information content (AvgIpc) is 3.22. The first kappa shape index (κ1) is 24.2. The zero-order valence-corrected chi connectivity index (χ0v) is 21.0. The first-order chi connectivity index (χ1) is 16.6. The van der Waals surface area contributed by atoms with E-state index in [0.29, 0.717) is 17.8 Å². The second-order valence-corrected chi connectivity index (χ2v) is 10.3. The number of aryl methyl sites for hydroxylation is 4. The summed E-state index contributed by atoms with van der Waals surface area (Å²) in [6.45, 7) is 7.78. The summed E-state index contributed by atoms with van der Waals surface area (Å²) < 4.78 is 30.8. The summed E-state index contributed by atoms with van der Waals surface area (Å²) in [4.78, 5) is 17.1. The van der Waals surface area contributed by atoms with Crippen molar-refractivity contribution in [3.8, 4) is 5.69 Å². The lowest BCUT2D eigenvalue weighted by Crippen LogP contribution is -2.23. The fourth-order valence-electron chi connectivity index (χ4n) is 3.98. The lowest BCUT2D eigenvalue weighted by atomic mass is 10.1. The number of amides is 1. The molecule has 1 aromatic heterocycles. The van der Waals surface area contributed by atoms with Crippen LogP contribution in [0.25, 0.3) is 5.69 Å². The maximum atomic E-state index is 13.1. The van der Waals surface area contributed by atoms with Gasteiger partial charge in [0.15, 0.2) is 0 Å². The van der Waals surface area contributed by atoms with E-state index < -0.39 is 10.0 Å². The maximum Gasteiger partial charge on any atom is 0.262 e. The van der Waals surface area contributed by atoms with Crippen LogP contribution >= 0.6 is 0 Å². The van der Waals surface area contributed by atoms with Crippen molar-refractivity contribution < 1.29 is 13.2 Å². The molecule has 1 amide bonds. The van der Waals surface area contributed by atoms with E-state index in [1.165, 1.54) is 6.07 Å². The zero-order chi connectivity index (χ0) is 25.2. The minimum Gasteiger partial charge on any atom is -0.348 e. The SMILES string of the molecule is Cc1cc(C)cc(NS(=O)(=O)c2cc(C(=O)NCc3ccc(-n4ccnc4C)cc3)ccc2C)c1. The molecule has 4 aromatic rings. The van der Waals surface area contributed by atoms with Gasteiger partial charge in [0.05, 0.1) is 4.90 Å². The number of anilines is 1. The van der Waals surface area contributed by atoms with Crippen molar-refractivity contribution in [2.45, 2.75) is 39.1 Å². The molecule has 7 nitrogen and oxygen atoms in total. The summed E-state index contributed by atoms with van der Waals surface area (Å²) >= 11 is 0. The Bertz CT molecular complexity index is 1470. The largest absolute Gasteiger partial charge is 0.348 e. The zero-order valence-electron chi connectivity index (χ0n) is 20.2. The first-order valence-electron chi connectivity index (χ1n) is 11.2. The molecule has 0 radical (unpaired) electrons. The number of hydrogen-bond acceptors (Lipinski definition) is 4. The van der Waals surface area contributed by atoms with Crippen LogP contribution in [-0.4, -0.2) is 23.9 Å². The Labute approximate surface area is 205 Å². The van der Waals surface area contributed by atoms with Gasteiger partial charge in [0, 0.05) is 35.9 Å². The van der Waals surface area contributed by atoms with Crippen molar-refractivity contribution in [1.82, 2.24) is 14.9 Å². The van der Waals surface area contributed by atoms with E-state index in [1.54, 1.807) is 37.4 Å². The van der Waals surface area contributed by atoms with Crippen molar-refractivity contribution in [2.24, 2.45) is 0 Å². The molecule has 4 rings (SSSR count). The summed E-state index contributed by atoms with van der Waals surface area (Å²) in [6, 6.07) is 18.0. The number of hydrogen-bond donors (Lipinski definition) is 2. The molecule has 0 fully saturated rings. The molecular formula is C27H28N4O3S. The van der Waals surface area contributed by atoms with Crippen molar-refractivity contribution in [3.63, 3.8) is 0 Å². The molecule has 0 atom stereocenters. The van der Waals surface area contributed by atoms with E-state index >= 15 is 0 Å².